The molecule has 1 aliphatic heterocycles. The number of aliphatic hydroxyl groups excluding tert-OH is 4. The van der Waals surface area contributed by atoms with E-state index in [9.17, 15) is 28.3 Å². The number of oxime groups is 1. The molecule has 24 heavy (non-hydrogen) atoms. The van der Waals surface area contributed by atoms with Gasteiger partial charge in [-0.15, -0.1) is 6.58 Å². The third-order valence-corrected chi connectivity index (χ3v) is 4.32. The number of aliphatic hydroxyl groups is 4. The average molecular weight is 411 g/mol. The van der Waals surface area contributed by atoms with Crippen LogP contribution in [0.25, 0.3) is 0 Å². The zero-order chi connectivity index (χ0) is 17.6. The molecule has 0 radical (unpaired) electrons. The fourth-order valence-electron chi connectivity index (χ4n) is 1.74. The average Bonchev–Trinajstić information content (AvgIpc) is 2.49. The molecule has 1 saturated heterocycles. The van der Waals surface area contributed by atoms with Crippen molar-refractivity contribution in [3.63, 3.8) is 0 Å². The summed E-state index contributed by atoms with van der Waals surface area (Å²) in [5, 5.41) is 41.5. The Bertz CT molecular complexity index is 528. The summed E-state index contributed by atoms with van der Waals surface area (Å²) in [5.41, 5.74) is -1.16. The van der Waals surface area contributed by atoms with Crippen LogP contribution in [0.3, 0.4) is 0 Å². The van der Waals surface area contributed by atoms with E-state index in [0.717, 1.165) is 0 Å². The van der Waals surface area contributed by atoms with Crippen molar-refractivity contribution in [1.82, 2.24) is 0 Å². The van der Waals surface area contributed by atoms with E-state index < -0.39 is 46.9 Å². The molecule has 4 N–H and O–H groups in total. The largest absolute Gasteiger partial charge is 1.00 e. The van der Waals surface area contributed by atoms with E-state index in [4.69, 9.17) is 9.84 Å². The van der Waals surface area contributed by atoms with Gasteiger partial charge in [0.1, 0.15) is 34.9 Å². The minimum atomic E-state index is -5.04. The number of thioether (sulfide) groups is 1. The SMILES string of the molecule is C=CCCC(=NOS(=O)(=O)[O-])SC1OC(CO)C(O)C(O)C1O.[K+]. The monoisotopic (exact) mass is 411 g/mol. The molecule has 1 aliphatic rings. The van der Waals surface area contributed by atoms with Crippen molar-refractivity contribution >= 4 is 27.2 Å². The number of hydrogen-bond acceptors (Lipinski definition) is 11. The Kier molecular flexibility index (Phi) is 12.0. The van der Waals surface area contributed by atoms with Crippen LogP contribution in [0.15, 0.2) is 17.8 Å². The standard InChI is InChI=1S/C11H19NO9S2.K/c1-2-3-4-7(12-21-23(17,18)19)22-11-10(16)9(15)8(14)6(5-13)20-11;/h2,6,8-11,13-16H,1,3-5H2,(H,17,18,19);/q;+1/p-1. The van der Waals surface area contributed by atoms with Gasteiger partial charge in [0.25, 0.3) is 10.4 Å². The molecule has 5 unspecified atom stereocenters. The van der Waals surface area contributed by atoms with Crippen LogP contribution in [-0.4, -0.2) is 74.9 Å². The van der Waals surface area contributed by atoms with E-state index in [1.54, 1.807) is 0 Å². The van der Waals surface area contributed by atoms with Crippen LogP contribution in [-0.2, 0) is 19.4 Å². The van der Waals surface area contributed by atoms with Crippen molar-refractivity contribution in [2.24, 2.45) is 5.16 Å². The van der Waals surface area contributed by atoms with Gasteiger partial charge in [-0.25, -0.2) is 0 Å². The molecule has 1 rings (SSSR count). The van der Waals surface area contributed by atoms with Crippen molar-refractivity contribution in [3.8, 4) is 0 Å². The molecule has 0 aromatic carbocycles. The van der Waals surface area contributed by atoms with E-state index in [0.29, 0.717) is 18.2 Å². The number of nitrogens with zero attached hydrogens (tertiary/aromatic N) is 1. The molecule has 0 aromatic heterocycles. The first-order chi connectivity index (χ1) is 10.7. The Labute approximate surface area is 186 Å². The molecule has 0 aromatic rings. The summed E-state index contributed by atoms with van der Waals surface area (Å²) in [7, 11) is -5.04. The zero-order valence-corrected chi connectivity index (χ0v) is 17.6. The Morgan fingerprint density at radius 2 is 1.96 bits per heavy atom. The Balaban J connectivity index is 0.00000529. The fraction of sp³-hybridized carbons (Fsp3) is 0.727. The van der Waals surface area contributed by atoms with Gasteiger partial charge in [-0.3, -0.25) is 4.28 Å². The minimum absolute atomic E-state index is 0. The molecular weight excluding hydrogens is 393 g/mol. The van der Waals surface area contributed by atoms with Crippen molar-refractivity contribution in [2.75, 3.05) is 6.61 Å². The predicted molar refractivity (Wildman–Crippen MR) is 79.0 cm³/mol. The molecule has 1 fully saturated rings. The summed E-state index contributed by atoms with van der Waals surface area (Å²) in [6.45, 7) is 2.87. The van der Waals surface area contributed by atoms with Crippen molar-refractivity contribution in [1.29, 1.82) is 0 Å². The molecule has 0 amide bonds. The molecule has 0 aliphatic carbocycles. The molecule has 5 atom stereocenters. The summed E-state index contributed by atoms with van der Waals surface area (Å²) < 4.78 is 40.4. The van der Waals surface area contributed by atoms with E-state index in [1.807, 2.05) is 0 Å². The summed E-state index contributed by atoms with van der Waals surface area (Å²) in [4.78, 5) is 0. The smallest absolute Gasteiger partial charge is 0.714 e. The third kappa shape index (κ3) is 8.07. The van der Waals surface area contributed by atoms with Gasteiger partial charge in [-0.05, 0) is 6.42 Å². The predicted octanol–water partition coefficient (Wildman–Crippen LogP) is -4.72. The summed E-state index contributed by atoms with van der Waals surface area (Å²) >= 11 is 0.699. The first kappa shape index (κ1) is 24.9. The topological polar surface area (TPSA) is 169 Å². The van der Waals surface area contributed by atoms with Crippen molar-refractivity contribution < 1.29 is 93.8 Å². The van der Waals surface area contributed by atoms with Gasteiger partial charge in [0.15, 0.2) is 0 Å². The summed E-state index contributed by atoms with van der Waals surface area (Å²) in [6.07, 6.45) is -3.73. The first-order valence-corrected chi connectivity index (χ1v) is 8.70. The Hall–Kier alpha value is 0.906. The Morgan fingerprint density at radius 1 is 1.33 bits per heavy atom. The van der Waals surface area contributed by atoms with Gasteiger partial charge in [0, 0.05) is 6.42 Å². The van der Waals surface area contributed by atoms with E-state index >= 15 is 0 Å². The molecule has 0 bridgehead atoms. The first-order valence-electron chi connectivity index (χ1n) is 6.49. The van der Waals surface area contributed by atoms with Gasteiger partial charge >= 0.3 is 51.4 Å². The molecule has 0 spiro atoms. The summed E-state index contributed by atoms with van der Waals surface area (Å²) in [5.74, 6) is 0. The van der Waals surface area contributed by atoms with E-state index in [1.165, 1.54) is 6.08 Å². The molecule has 0 saturated carbocycles. The number of allylic oxidation sites excluding steroid dienone is 1. The minimum Gasteiger partial charge on any atom is -0.714 e. The van der Waals surface area contributed by atoms with Crippen molar-refractivity contribution in [2.45, 2.75) is 42.7 Å². The van der Waals surface area contributed by atoms with E-state index in [2.05, 4.69) is 16.0 Å². The number of rotatable bonds is 7. The second kappa shape index (κ2) is 11.6. The van der Waals surface area contributed by atoms with Crippen LogP contribution >= 0.6 is 11.8 Å². The normalized spacial score (nSPS) is 31.2. The maximum atomic E-state index is 10.5. The van der Waals surface area contributed by atoms with Crippen LogP contribution in [0.5, 0.6) is 0 Å². The molecule has 13 heteroatoms. The molecule has 1 heterocycles. The summed E-state index contributed by atoms with van der Waals surface area (Å²) in [6, 6.07) is 0. The number of ether oxygens (including phenoxy) is 1. The van der Waals surface area contributed by atoms with Crippen LogP contribution in [0, 0.1) is 0 Å². The third-order valence-electron chi connectivity index (χ3n) is 2.89. The van der Waals surface area contributed by atoms with Gasteiger partial charge in [0.05, 0.1) is 6.61 Å². The van der Waals surface area contributed by atoms with Gasteiger partial charge < -0.3 is 29.7 Å². The van der Waals surface area contributed by atoms with Crippen LogP contribution in [0.1, 0.15) is 12.8 Å². The Morgan fingerprint density at radius 3 is 2.46 bits per heavy atom. The second-order valence-corrected chi connectivity index (χ2v) is 6.75. The number of hydrogen-bond donors (Lipinski definition) is 4. The van der Waals surface area contributed by atoms with Gasteiger partial charge in [0.2, 0.25) is 0 Å². The second-order valence-electron chi connectivity index (χ2n) is 4.61. The van der Waals surface area contributed by atoms with Crippen LogP contribution < -0.4 is 51.4 Å². The van der Waals surface area contributed by atoms with Crippen LogP contribution in [0.2, 0.25) is 0 Å². The quantitative estimate of drug-likeness (QED) is 0.0607. The maximum Gasteiger partial charge on any atom is 1.00 e. The molecule has 10 nitrogen and oxygen atoms in total. The van der Waals surface area contributed by atoms with E-state index in [-0.39, 0.29) is 62.8 Å². The van der Waals surface area contributed by atoms with Gasteiger partial charge in [-0.1, -0.05) is 23.0 Å². The molecular formula is C11H18KNO9S2. The van der Waals surface area contributed by atoms with Crippen molar-refractivity contribution in [3.05, 3.63) is 12.7 Å². The van der Waals surface area contributed by atoms with Gasteiger partial charge in [-0.2, -0.15) is 8.42 Å². The molecule has 134 valence electrons. The van der Waals surface area contributed by atoms with Crippen LogP contribution in [0.4, 0.5) is 0 Å². The maximum absolute atomic E-state index is 10.5. The fourth-order valence-corrected chi connectivity index (χ4v) is 3.05. The zero-order valence-electron chi connectivity index (χ0n) is 12.9.